The van der Waals surface area contributed by atoms with E-state index < -0.39 is 5.97 Å². The third-order valence-corrected chi connectivity index (χ3v) is 6.51. The number of aromatic nitrogens is 4. The van der Waals surface area contributed by atoms with Crippen LogP contribution in [0.2, 0.25) is 0 Å². The van der Waals surface area contributed by atoms with Crippen molar-refractivity contribution in [1.82, 2.24) is 18.9 Å². The van der Waals surface area contributed by atoms with Crippen molar-refractivity contribution in [2.24, 2.45) is 7.05 Å². The minimum atomic E-state index is -0.454. The second-order valence-electron chi connectivity index (χ2n) is 8.58. The Balaban J connectivity index is 1.68. The van der Waals surface area contributed by atoms with Gasteiger partial charge in [-0.3, -0.25) is 13.9 Å². The largest absolute Gasteiger partial charge is 0.465 e. The van der Waals surface area contributed by atoms with Gasteiger partial charge in [0.25, 0.3) is 0 Å². The number of ether oxygens (including phenoxy) is 1. The number of fused-ring (bicyclic) bond motifs is 1. The van der Waals surface area contributed by atoms with Crippen LogP contribution >= 0.6 is 0 Å². The van der Waals surface area contributed by atoms with Crippen molar-refractivity contribution >= 4 is 22.8 Å². The molecule has 0 amide bonds. The standard InChI is InChI=1S/C25H26FN5O3/c1-3-34-21(32)14-30-24(27)22(23(28-30)15-7-10-17(26)11-8-15)16-9-12-19-20(13-16)29(2)25(33)31(19)18-5-4-6-18/h7-13,18H,3-6,14,27H2,1-2H3. The van der Waals surface area contributed by atoms with Crippen molar-refractivity contribution in [3.63, 3.8) is 0 Å². The summed E-state index contributed by atoms with van der Waals surface area (Å²) in [4.78, 5) is 25.1. The summed E-state index contributed by atoms with van der Waals surface area (Å²) in [7, 11) is 1.76. The van der Waals surface area contributed by atoms with Gasteiger partial charge < -0.3 is 10.5 Å². The number of halogens is 1. The van der Waals surface area contributed by atoms with Crippen LogP contribution in [-0.4, -0.2) is 31.5 Å². The molecule has 1 saturated carbocycles. The summed E-state index contributed by atoms with van der Waals surface area (Å²) in [5.74, 6) is -0.530. The molecule has 0 spiro atoms. The lowest BCUT2D eigenvalue weighted by atomic mass is 9.92. The molecule has 34 heavy (non-hydrogen) atoms. The molecule has 2 aromatic heterocycles. The lowest BCUT2D eigenvalue weighted by Gasteiger charge is -2.26. The zero-order valence-electron chi connectivity index (χ0n) is 19.1. The highest BCUT2D eigenvalue weighted by molar-refractivity contribution is 5.92. The number of benzene rings is 2. The number of hydrogen-bond donors (Lipinski definition) is 1. The number of nitrogen functional groups attached to an aromatic ring is 1. The first-order chi connectivity index (χ1) is 16.4. The highest BCUT2D eigenvalue weighted by atomic mass is 19.1. The number of carbonyl (C=O) groups is 1. The Morgan fingerprint density at radius 3 is 2.50 bits per heavy atom. The Morgan fingerprint density at radius 2 is 1.85 bits per heavy atom. The molecule has 0 bridgehead atoms. The lowest BCUT2D eigenvalue weighted by Crippen LogP contribution is -2.29. The van der Waals surface area contributed by atoms with Crippen LogP contribution in [0.3, 0.4) is 0 Å². The van der Waals surface area contributed by atoms with E-state index in [0.717, 1.165) is 35.9 Å². The monoisotopic (exact) mass is 463 g/mol. The fourth-order valence-corrected chi connectivity index (χ4v) is 4.54. The second-order valence-corrected chi connectivity index (χ2v) is 8.58. The number of anilines is 1. The van der Waals surface area contributed by atoms with Crippen molar-refractivity contribution in [3.8, 4) is 22.4 Å². The zero-order chi connectivity index (χ0) is 24.0. The van der Waals surface area contributed by atoms with Crippen LogP contribution < -0.4 is 11.4 Å². The fourth-order valence-electron chi connectivity index (χ4n) is 4.54. The summed E-state index contributed by atoms with van der Waals surface area (Å²) in [5.41, 5.74) is 10.7. The molecule has 0 radical (unpaired) electrons. The average molecular weight is 464 g/mol. The van der Waals surface area contributed by atoms with E-state index in [9.17, 15) is 14.0 Å². The molecule has 0 aliphatic heterocycles. The van der Waals surface area contributed by atoms with Gasteiger partial charge in [0, 0.05) is 18.7 Å². The van der Waals surface area contributed by atoms with E-state index >= 15 is 0 Å². The van der Waals surface area contributed by atoms with E-state index in [2.05, 4.69) is 5.10 Å². The van der Waals surface area contributed by atoms with Gasteiger partial charge in [0.2, 0.25) is 0 Å². The smallest absolute Gasteiger partial charge is 0.329 e. The van der Waals surface area contributed by atoms with Crippen LogP contribution in [0.5, 0.6) is 0 Å². The molecule has 9 heteroatoms. The van der Waals surface area contributed by atoms with Gasteiger partial charge in [-0.2, -0.15) is 5.10 Å². The molecular formula is C25H26FN5O3. The predicted molar refractivity (Wildman–Crippen MR) is 128 cm³/mol. The molecule has 1 aliphatic rings. The minimum Gasteiger partial charge on any atom is -0.465 e. The summed E-state index contributed by atoms with van der Waals surface area (Å²) < 4.78 is 23.6. The van der Waals surface area contributed by atoms with E-state index in [-0.39, 0.29) is 36.5 Å². The van der Waals surface area contributed by atoms with Crippen LogP contribution in [0.1, 0.15) is 32.2 Å². The van der Waals surface area contributed by atoms with Gasteiger partial charge >= 0.3 is 11.7 Å². The summed E-state index contributed by atoms with van der Waals surface area (Å²) in [6.45, 7) is 1.84. The maximum Gasteiger partial charge on any atom is 0.329 e. The third kappa shape index (κ3) is 3.57. The molecule has 2 N–H and O–H groups in total. The molecule has 1 fully saturated rings. The number of esters is 1. The molecular weight excluding hydrogens is 437 g/mol. The zero-order valence-corrected chi connectivity index (χ0v) is 19.1. The molecule has 0 saturated heterocycles. The third-order valence-electron chi connectivity index (χ3n) is 6.51. The van der Waals surface area contributed by atoms with Crippen molar-refractivity contribution < 1.29 is 13.9 Å². The van der Waals surface area contributed by atoms with Gasteiger partial charge in [-0.05, 0) is 68.1 Å². The van der Waals surface area contributed by atoms with E-state index in [1.54, 1.807) is 30.7 Å². The summed E-state index contributed by atoms with van der Waals surface area (Å²) in [5, 5.41) is 4.58. The Bertz CT molecular complexity index is 1440. The first kappa shape index (κ1) is 21.9. The molecule has 2 heterocycles. The first-order valence-electron chi connectivity index (χ1n) is 11.4. The van der Waals surface area contributed by atoms with E-state index in [4.69, 9.17) is 10.5 Å². The molecule has 0 unspecified atom stereocenters. The van der Waals surface area contributed by atoms with E-state index in [1.807, 2.05) is 22.8 Å². The molecule has 0 atom stereocenters. The average Bonchev–Trinajstić information content (AvgIpc) is 3.22. The van der Waals surface area contributed by atoms with Gasteiger partial charge in [-0.25, -0.2) is 13.9 Å². The normalized spacial score (nSPS) is 13.9. The van der Waals surface area contributed by atoms with Crippen LogP contribution in [0, 0.1) is 5.82 Å². The van der Waals surface area contributed by atoms with Crippen LogP contribution in [-0.2, 0) is 23.1 Å². The molecule has 1 aliphatic carbocycles. The molecule has 5 rings (SSSR count). The van der Waals surface area contributed by atoms with E-state index in [1.165, 1.54) is 16.8 Å². The predicted octanol–water partition coefficient (Wildman–Crippen LogP) is 3.88. The van der Waals surface area contributed by atoms with E-state index in [0.29, 0.717) is 16.8 Å². The SMILES string of the molecule is CCOC(=O)Cn1nc(-c2ccc(F)cc2)c(-c2ccc3c(c2)n(C)c(=O)n3C2CCC2)c1N. The van der Waals surface area contributed by atoms with Crippen LogP contribution in [0.15, 0.2) is 47.3 Å². The molecule has 8 nitrogen and oxygen atoms in total. The summed E-state index contributed by atoms with van der Waals surface area (Å²) in [6, 6.07) is 11.9. The topological polar surface area (TPSA) is 97.1 Å². The number of hydrogen-bond acceptors (Lipinski definition) is 5. The number of nitrogens with two attached hydrogens (primary N) is 1. The van der Waals surface area contributed by atoms with Gasteiger partial charge in [0.15, 0.2) is 0 Å². The lowest BCUT2D eigenvalue weighted by molar-refractivity contribution is -0.143. The minimum absolute atomic E-state index is 0.0402. The highest BCUT2D eigenvalue weighted by Crippen LogP contribution is 2.39. The number of nitrogens with zero attached hydrogens (tertiary/aromatic N) is 4. The summed E-state index contributed by atoms with van der Waals surface area (Å²) >= 11 is 0. The number of carbonyl (C=O) groups excluding carboxylic acids is 1. The summed E-state index contributed by atoms with van der Waals surface area (Å²) in [6.07, 6.45) is 3.13. The first-order valence-corrected chi connectivity index (χ1v) is 11.4. The van der Waals surface area contributed by atoms with Crippen molar-refractivity contribution in [3.05, 3.63) is 58.8 Å². The van der Waals surface area contributed by atoms with Crippen LogP contribution in [0.4, 0.5) is 10.2 Å². The van der Waals surface area contributed by atoms with Crippen molar-refractivity contribution in [2.75, 3.05) is 12.3 Å². The number of imidazole rings is 1. The van der Waals surface area contributed by atoms with Crippen molar-refractivity contribution in [1.29, 1.82) is 0 Å². The highest BCUT2D eigenvalue weighted by Gasteiger charge is 2.26. The molecule has 176 valence electrons. The van der Waals surface area contributed by atoms with Gasteiger partial charge in [0.05, 0.1) is 23.2 Å². The fraction of sp³-hybridized carbons (Fsp3) is 0.320. The Morgan fingerprint density at radius 1 is 1.15 bits per heavy atom. The van der Waals surface area contributed by atoms with Gasteiger partial charge in [-0.1, -0.05) is 6.07 Å². The van der Waals surface area contributed by atoms with Gasteiger partial charge in [-0.15, -0.1) is 0 Å². The maximum atomic E-state index is 13.6. The van der Waals surface area contributed by atoms with Crippen molar-refractivity contribution in [2.45, 2.75) is 38.8 Å². The Kier molecular flexibility index (Phi) is 5.47. The quantitative estimate of drug-likeness (QED) is 0.438. The second kappa shape index (κ2) is 8.48. The Labute approximate surface area is 195 Å². The number of rotatable bonds is 6. The number of aryl methyl sites for hydroxylation is 1. The Hall–Kier alpha value is -3.88. The molecule has 2 aromatic carbocycles. The van der Waals surface area contributed by atoms with Gasteiger partial charge in [0.1, 0.15) is 23.9 Å². The van der Waals surface area contributed by atoms with Crippen LogP contribution in [0.25, 0.3) is 33.4 Å². The maximum absolute atomic E-state index is 13.6. The molecule has 4 aromatic rings.